The second kappa shape index (κ2) is 6.58. The minimum atomic E-state index is -3.62. The van der Waals surface area contributed by atoms with Crippen molar-refractivity contribution in [1.82, 2.24) is 8.87 Å². The molecule has 0 aliphatic carbocycles. The molecular formula is C20H19ClN2O2S. The summed E-state index contributed by atoms with van der Waals surface area (Å²) < 4.78 is 30.4. The molecule has 2 heterocycles. The van der Waals surface area contributed by atoms with Crippen molar-refractivity contribution in [1.29, 1.82) is 0 Å². The average Bonchev–Trinajstić information content (AvgIpc) is 3.11. The molecule has 1 aliphatic rings. The van der Waals surface area contributed by atoms with Gasteiger partial charge in [0, 0.05) is 30.0 Å². The van der Waals surface area contributed by atoms with Crippen molar-refractivity contribution in [3.8, 4) is 0 Å². The number of aryl methyl sites for hydroxylation is 1. The van der Waals surface area contributed by atoms with Crippen LogP contribution < -0.4 is 0 Å². The molecule has 0 radical (unpaired) electrons. The van der Waals surface area contributed by atoms with E-state index in [1.54, 1.807) is 28.6 Å². The topological polar surface area (TPSA) is 42.3 Å². The van der Waals surface area contributed by atoms with Crippen LogP contribution in [0, 0.1) is 6.92 Å². The summed E-state index contributed by atoms with van der Waals surface area (Å²) in [7, 11) is -3.62. The number of rotatable bonds is 3. The van der Waals surface area contributed by atoms with E-state index in [9.17, 15) is 8.42 Å². The molecule has 0 spiro atoms. The number of aromatic nitrogens is 1. The van der Waals surface area contributed by atoms with E-state index in [0.717, 1.165) is 16.8 Å². The molecule has 6 heteroatoms. The Kier molecular flexibility index (Phi) is 4.39. The Morgan fingerprint density at radius 3 is 2.35 bits per heavy atom. The predicted octanol–water partition coefficient (Wildman–Crippen LogP) is 4.24. The Bertz CT molecular complexity index is 1020. The van der Waals surface area contributed by atoms with Crippen LogP contribution in [0.25, 0.3) is 0 Å². The maximum Gasteiger partial charge on any atom is 0.244 e. The predicted molar refractivity (Wildman–Crippen MR) is 103 cm³/mol. The van der Waals surface area contributed by atoms with Gasteiger partial charge in [0.2, 0.25) is 10.0 Å². The van der Waals surface area contributed by atoms with Gasteiger partial charge in [-0.3, -0.25) is 0 Å². The molecule has 0 bridgehead atoms. The first kappa shape index (κ1) is 17.3. The van der Waals surface area contributed by atoms with Gasteiger partial charge in [-0.05, 0) is 48.9 Å². The lowest BCUT2D eigenvalue weighted by molar-refractivity contribution is 0.298. The van der Waals surface area contributed by atoms with E-state index in [1.165, 1.54) is 0 Å². The molecule has 0 unspecified atom stereocenters. The molecule has 1 aliphatic heterocycles. The fraction of sp³-hybridized carbons (Fsp3) is 0.200. The van der Waals surface area contributed by atoms with Gasteiger partial charge in [-0.15, -0.1) is 0 Å². The van der Waals surface area contributed by atoms with Crippen LogP contribution in [0.2, 0.25) is 5.02 Å². The molecule has 4 nitrogen and oxygen atoms in total. The van der Waals surface area contributed by atoms with Gasteiger partial charge in [-0.2, -0.15) is 4.31 Å². The molecule has 0 saturated carbocycles. The monoisotopic (exact) mass is 386 g/mol. The van der Waals surface area contributed by atoms with E-state index < -0.39 is 10.0 Å². The van der Waals surface area contributed by atoms with Crippen LogP contribution >= 0.6 is 11.6 Å². The maximum atomic E-state index is 13.4. The zero-order chi connectivity index (χ0) is 18.3. The molecule has 0 fully saturated rings. The van der Waals surface area contributed by atoms with Gasteiger partial charge in [0.25, 0.3) is 0 Å². The van der Waals surface area contributed by atoms with Crippen molar-refractivity contribution in [2.45, 2.75) is 24.4 Å². The van der Waals surface area contributed by atoms with Crippen LogP contribution in [0.15, 0.2) is 71.8 Å². The standard InChI is InChI=1S/C20H19ClN2O2S/c1-15-4-10-18(11-5-15)26(24,25)23-14-13-22-12-2-3-19(22)20(23)16-6-8-17(21)9-7-16/h2-12,20H,13-14H2,1H3/t20-/m0/s1. The first-order valence-electron chi connectivity index (χ1n) is 8.46. The fourth-order valence-corrected chi connectivity index (χ4v) is 5.15. The van der Waals surface area contributed by atoms with E-state index in [4.69, 9.17) is 11.6 Å². The van der Waals surface area contributed by atoms with Gasteiger partial charge in [0.1, 0.15) is 0 Å². The number of benzene rings is 2. The second-order valence-electron chi connectivity index (χ2n) is 6.51. The molecule has 2 aromatic carbocycles. The van der Waals surface area contributed by atoms with Gasteiger partial charge in [-0.1, -0.05) is 41.4 Å². The van der Waals surface area contributed by atoms with E-state index in [0.29, 0.717) is 23.0 Å². The second-order valence-corrected chi connectivity index (χ2v) is 8.84. The highest BCUT2D eigenvalue weighted by Gasteiger charge is 2.37. The lowest BCUT2D eigenvalue weighted by Crippen LogP contribution is -2.42. The summed E-state index contributed by atoms with van der Waals surface area (Å²) in [6, 6.07) is 18.0. The highest BCUT2D eigenvalue weighted by atomic mass is 35.5. The molecule has 26 heavy (non-hydrogen) atoms. The Hall–Kier alpha value is -2.08. The SMILES string of the molecule is Cc1ccc(S(=O)(=O)N2CCn3cccc3[C@@H]2c2ccc(Cl)cc2)cc1. The number of hydrogen-bond acceptors (Lipinski definition) is 2. The molecule has 1 aromatic heterocycles. The largest absolute Gasteiger partial charge is 0.348 e. The molecule has 134 valence electrons. The number of hydrogen-bond donors (Lipinski definition) is 0. The van der Waals surface area contributed by atoms with Gasteiger partial charge < -0.3 is 4.57 Å². The van der Waals surface area contributed by atoms with Crippen molar-refractivity contribution >= 4 is 21.6 Å². The van der Waals surface area contributed by atoms with Gasteiger partial charge >= 0.3 is 0 Å². The normalized spacial score (nSPS) is 17.8. The molecule has 1 atom stereocenters. The number of sulfonamides is 1. The van der Waals surface area contributed by atoms with Crippen LogP contribution in [0.5, 0.6) is 0 Å². The van der Waals surface area contributed by atoms with E-state index >= 15 is 0 Å². The summed E-state index contributed by atoms with van der Waals surface area (Å²) in [5, 5.41) is 0.632. The Labute approximate surface area is 158 Å². The van der Waals surface area contributed by atoms with Crippen molar-refractivity contribution in [2.24, 2.45) is 0 Å². The van der Waals surface area contributed by atoms with Crippen molar-refractivity contribution in [3.63, 3.8) is 0 Å². The first-order chi connectivity index (χ1) is 12.5. The van der Waals surface area contributed by atoms with Crippen molar-refractivity contribution < 1.29 is 8.42 Å². The maximum absolute atomic E-state index is 13.4. The summed E-state index contributed by atoms with van der Waals surface area (Å²) in [5.41, 5.74) is 2.91. The number of fused-ring (bicyclic) bond motifs is 1. The third-order valence-corrected chi connectivity index (χ3v) is 6.94. The van der Waals surface area contributed by atoms with Crippen LogP contribution in [0.3, 0.4) is 0 Å². The van der Waals surface area contributed by atoms with Crippen LogP contribution in [-0.4, -0.2) is 23.8 Å². The van der Waals surface area contributed by atoms with E-state index in [2.05, 4.69) is 4.57 Å². The fourth-order valence-electron chi connectivity index (χ4n) is 3.45. The summed E-state index contributed by atoms with van der Waals surface area (Å²) in [6.07, 6.45) is 1.99. The van der Waals surface area contributed by atoms with Crippen molar-refractivity contribution in [3.05, 3.63) is 88.7 Å². The molecule has 0 N–H and O–H groups in total. The quantitative estimate of drug-likeness (QED) is 0.675. The Morgan fingerprint density at radius 1 is 0.962 bits per heavy atom. The molecule has 0 amide bonds. The zero-order valence-electron chi connectivity index (χ0n) is 14.3. The summed E-state index contributed by atoms with van der Waals surface area (Å²) >= 11 is 6.03. The number of halogens is 1. The third kappa shape index (κ3) is 2.96. The first-order valence-corrected chi connectivity index (χ1v) is 10.3. The minimum absolute atomic E-state index is 0.321. The van der Waals surface area contributed by atoms with Crippen molar-refractivity contribution in [2.75, 3.05) is 6.54 Å². The lowest BCUT2D eigenvalue weighted by atomic mass is 10.0. The Morgan fingerprint density at radius 2 is 1.65 bits per heavy atom. The smallest absolute Gasteiger partial charge is 0.244 e. The molecule has 4 rings (SSSR count). The summed E-state index contributed by atoms with van der Waals surface area (Å²) in [5.74, 6) is 0. The van der Waals surface area contributed by atoms with Gasteiger partial charge in [0.05, 0.1) is 10.9 Å². The van der Waals surface area contributed by atoms with E-state index in [-0.39, 0.29) is 6.04 Å². The highest BCUT2D eigenvalue weighted by molar-refractivity contribution is 7.89. The molecule has 3 aromatic rings. The van der Waals surface area contributed by atoms with Crippen LogP contribution in [0.4, 0.5) is 0 Å². The minimum Gasteiger partial charge on any atom is -0.348 e. The van der Waals surface area contributed by atoms with Gasteiger partial charge in [0.15, 0.2) is 0 Å². The third-order valence-electron chi connectivity index (χ3n) is 4.81. The highest BCUT2D eigenvalue weighted by Crippen LogP contribution is 2.36. The lowest BCUT2D eigenvalue weighted by Gasteiger charge is -2.36. The molecular weight excluding hydrogens is 368 g/mol. The van der Waals surface area contributed by atoms with Crippen LogP contribution in [0.1, 0.15) is 22.9 Å². The average molecular weight is 387 g/mol. The zero-order valence-corrected chi connectivity index (χ0v) is 15.9. The Balaban J connectivity index is 1.83. The molecule has 0 saturated heterocycles. The summed E-state index contributed by atoms with van der Waals surface area (Å²) in [6.45, 7) is 3.00. The van der Waals surface area contributed by atoms with E-state index in [1.807, 2.05) is 49.5 Å². The number of nitrogens with zero attached hydrogens (tertiary/aromatic N) is 2. The van der Waals surface area contributed by atoms with Gasteiger partial charge in [-0.25, -0.2) is 8.42 Å². The van der Waals surface area contributed by atoms with Crippen LogP contribution in [-0.2, 0) is 16.6 Å². The summed E-state index contributed by atoms with van der Waals surface area (Å²) in [4.78, 5) is 0.321.